The van der Waals surface area contributed by atoms with Crippen LogP contribution in [0.1, 0.15) is 22.7 Å². The van der Waals surface area contributed by atoms with Crippen molar-refractivity contribution in [3.8, 4) is 5.75 Å². The number of aromatic nitrogens is 2. The highest BCUT2D eigenvalue weighted by molar-refractivity contribution is 6.46. The number of likely N-dealkylation sites (tertiary alicyclic amines) is 1. The number of H-pyrrole nitrogens is 1. The van der Waals surface area contributed by atoms with Gasteiger partial charge in [0.05, 0.1) is 18.7 Å². The van der Waals surface area contributed by atoms with Crippen LogP contribution < -0.4 is 9.72 Å². The summed E-state index contributed by atoms with van der Waals surface area (Å²) in [6, 6.07) is 13.2. The number of carbonyl (C=O) groups excluding carboxylic acids is 2. The number of ketones is 1. The van der Waals surface area contributed by atoms with Crippen LogP contribution in [0.2, 0.25) is 0 Å². The van der Waals surface area contributed by atoms with Gasteiger partial charge in [-0.1, -0.05) is 18.2 Å². The highest BCUT2D eigenvalue weighted by Gasteiger charge is 2.46. The average Bonchev–Trinajstić information content (AvgIpc) is 3.05. The number of Topliss-reactive ketones (excluding diaryl/α,β-unsaturated/α-hetero) is 1. The van der Waals surface area contributed by atoms with Gasteiger partial charge in [-0.2, -0.15) is 0 Å². The van der Waals surface area contributed by atoms with Crippen molar-refractivity contribution >= 4 is 17.4 Å². The molecule has 150 valence electrons. The molecule has 30 heavy (non-hydrogen) atoms. The van der Waals surface area contributed by atoms with Crippen LogP contribution in [0.3, 0.4) is 0 Å². The quantitative estimate of drug-likeness (QED) is 0.402. The molecule has 1 aliphatic heterocycles. The number of aliphatic hydroxyl groups is 1. The Morgan fingerprint density at radius 2 is 1.97 bits per heavy atom. The third kappa shape index (κ3) is 3.53. The van der Waals surface area contributed by atoms with E-state index in [0.29, 0.717) is 16.9 Å². The maximum Gasteiger partial charge on any atom is 0.295 e. The van der Waals surface area contributed by atoms with Crippen molar-refractivity contribution in [3.63, 3.8) is 0 Å². The summed E-state index contributed by atoms with van der Waals surface area (Å²) < 4.78 is 5.22. The fourth-order valence-electron chi connectivity index (χ4n) is 3.59. The molecule has 7 nitrogen and oxygen atoms in total. The maximum atomic E-state index is 13.0. The Hall–Kier alpha value is -4.00. The topological polar surface area (TPSA) is 93.9 Å². The summed E-state index contributed by atoms with van der Waals surface area (Å²) in [5, 5.41) is 11.0. The number of aromatic amines is 1. The van der Waals surface area contributed by atoms with E-state index in [4.69, 9.17) is 4.74 Å². The average molecular weight is 402 g/mol. The van der Waals surface area contributed by atoms with E-state index in [1.807, 2.05) is 6.07 Å². The lowest BCUT2D eigenvalue weighted by Crippen LogP contribution is -2.29. The molecular weight excluding hydrogens is 382 g/mol. The Balaban J connectivity index is 1.85. The van der Waals surface area contributed by atoms with Crippen LogP contribution in [0.15, 0.2) is 78.9 Å². The van der Waals surface area contributed by atoms with Crippen molar-refractivity contribution in [1.82, 2.24) is 9.88 Å². The molecule has 0 saturated carbocycles. The van der Waals surface area contributed by atoms with Gasteiger partial charge in [0.15, 0.2) is 12.4 Å². The van der Waals surface area contributed by atoms with E-state index in [2.05, 4.69) is 9.97 Å². The van der Waals surface area contributed by atoms with Gasteiger partial charge in [0.25, 0.3) is 11.7 Å². The van der Waals surface area contributed by atoms with Crippen molar-refractivity contribution < 1.29 is 24.4 Å². The van der Waals surface area contributed by atoms with Gasteiger partial charge < -0.3 is 14.7 Å². The monoisotopic (exact) mass is 402 g/mol. The molecule has 2 N–H and O–H groups in total. The summed E-state index contributed by atoms with van der Waals surface area (Å²) in [5.41, 5.74) is 1.94. The molecular formula is C23H20N3O4+. The second-order valence-corrected chi connectivity index (χ2v) is 6.85. The van der Waals surface area contributed by atoms with Gasteiger partial charge >= 0.3 is 0 Å². The molecule has 1 atom stereocenters. The SMILES string of the molecule is COc1cccc(C(O)=C2C(=O)C(=O)N(Cc3cccnc3)C2c2cc[nH+]cc2)c1. The van der Waals surface area contributed by atoms with Crippen LogP contribution in [0.4, 0.5) is 0 Å². The summed E-state index contributed by atoms with van der Waals surface area (Å²) in [6.45, 7) is 0.191. The van der Waals surface area contributed by atoms with E-state index in [0.717, 1.165) is 5.56 Å². The van der Waals surface area contributed by atoms with Gasteiger partial charge in [0.2, 0.25) is 0 Å². The third-order valence-corrected chi connectivity index (χ3v) is 5.02. The number of carbonyl (C=O) groups is 2. The molecule has 7 heteroatoms. The van der Waals surface area contributed by atoms with E-state index in [1.165, 1.54) is 12.0 Å². The molecule has 1 unspecified atom stereocenters. The second-order valence-electron chi connectivity index (χ2n) is 6.85. The Bertz CT molecular complexity index is 1110. The van der Waals surface area contributed by atoms with Crippen molar-refractivity contribution in [2.45, 2.75) is 12.6 Å². The zero-order valence-electron chi connectivity index (χ0n) is 16.3. The molecule has 1 fully saturated rings. The number of nitrogens with zero attached hydrogens (tertiary/aromatic N) is 2. The number of aliphatic hydroxyl groups excluding tert-OH is 1. The first-order chi connectivity index (χ1) is 14.6. The minimum absolute atomic E-state index is 0.0448. The minimum atomic E-state index is -0.731. The van der Waals surface area contributed by atoms with Crippen LogP contribution in [0.25, 0.3) is 5.76 Å². The number of benzene rings is 1. The molecule has 3 heterocycles. The highest BCUT2D eigenvalue weighted by Crippen LogP contribution is 2.40. The zero-order chi connectivity index (χ0) is 21.1. The van der Waals surface area contributed by atoms with Gasteiger partial charge in [0.1, 0.15) is 11.5 Å². The smallest absolute Gasteiger partial charge is 0.295 e. The largest absolute Gasteiger partial charge is 0.507 e. The third-order valence-electron chi connectivity index (χ3n) is 5.02. The predicted octanol–water partition coefficient (Wildman–Crippen LogP) is 2.53. The number of nitrogens with one attached hydrogen (secondary N) is 1. The fourth-order valence-corrected chi connectivity index (χ4v) is 3.59. The van der Waals surface area contributed by atoms with Crippen molar-refractivity contribution in [2.75, 3.05) is 7.11 Å². The van der Waals surface area contributed by atoms with E-state index >= 15 is 0 Å². The predicted molar refractivity (Wildman–Crippen MR) is 108 cm³/mol. The molecule has 1 aliphatic rings. The number of ether oxygens (including phenoxy) is 1. The van der Waals surface area contributed by atoms with Crippen LogP contribution >= 0.6 is 0 Å². The molecule has 0 spiro atoms. The number of pyridine rings is 2. The Morgan fingerprint density at radius 3 is 2.67 bits per heavy atom. The lowest BCUT2D eigenvalue weighted by molar-refractivity contribution is -0.378. The Labute approximate surface area is 173 Å². The Morgan fingerprint density at radius 1 is 1.17 bits per heavy atom. The zero-order valence-corrected chi connectivity index (χ0v) is 16.3. The van der Waals surface area contributed by atoms with E-state index in [-0.39, 0.29) is 17.9 Å². The Kier molecular flexibility index (Phi) is 5.26. The summed E-state index contributed by atoms with van der Waals surface area (Å²) in [6.07, 6.45) is 6.72. The normalized spacial score (nSPS) is 17.9. The minimum Gasteiger partial charge on any atom is -0.507 e. The van der Waals surface area contributed by atoms with Crippen LogP contribution in [-0.2, 0) is 16.1 Å². The molecule has 3 aromatic rings. The van der Waals surface area contributed by atoms with E-state index < -0.39 is 17.7 Å². The van der Waals surface area contributed by atoms with Crippen LogP contribution in [0, 0.1) is 0 Å². The first kappa shape index (κ1) is 19.3. The van der Waals surface area contributed by atoms with Crippen molar-refractivity contribution in [3.05, 3.63) is 95.6 Å². The number of methoxy groups -OCH3 is 1. The second kappa shape index (κ2) is 8.16. The number of hydrogen-bond donors (Lipinski definition) is 1. The molecule has 1 amide bonds. The van der Waals surface area contributed by atoms with Crippen LogP contribution in [0.5, 0.6) is 5.75 Å². The lowest BCUT2D eigenvalue weighted by Gasteiger charge is -2.24. The summed E-state index contributed by atoms with van der Waals surface area (Å²) >= 11 is 0. The molecule has 4 rings (SSSR count). The van der Waals surface area contributed by atoms with E-state index in [9.17, 15) is 14.7 Å². The molecule has 0 bridgehead atoms. The van der Waals surface area contributed by atoms with Crippen molar-refractivity contribution in [1.29, 1.82) is 0 Å². The first-order valence-electron chi connectivity index (χ1n) is 9.38. The summed E-state index contributed by atoms with van der Waals surface area (Å²) in [4.78, 5) is 34.4. The van der Waals surface area contributed by atoms with E-state index in [1.54, 1.807) is 67.3 Å². The van der Waals surface area contributed by atoms with Gasteiger partial charge in [-0.25, -0.2) is 4.98 Å². The van der Waals surface area contributed by atoms with Gasteiger partial charge in [-0.3, -0.25) is 14.6 Å². The fraction of sp³-hybridized carbons (Fsp3) is 0.130. The summed E-state index contributed by atoms with van der Waals surface area (Å²) in [7, 11) is 1.52. The van der Waals surface area contributed by atoms with Gasteiger partial charge in [0, 0.05) is 36.6 Å². The molecule has 0 aliphatic carbocycles. The van der Waals surface area contributed by atoms with Gasteiger partial charge in [-0.05, 0) is 29.3 Å². The molecule has 0 radical (unpaired) electrons. The number of rotatable bonds is 5. The highest BCUT2D eigenvalue weighted by atomic mass is 16.5. The van der Waals surface area contributed by atoms with Gasteiger partial charge in [-0.15, -0.1) is 0 Å². The van der Waals surface area contributed by atoms with Crippen molar-refractivity contribution in [2.24, 2.45) is 0 Å². The molecule has 2 aromatic heterocycles. The standard InChI is InChI=1S/C23H19N3O4/c1-30-18-6-2-5-17(12-18)21(27)19-20(16-7-10-24-11-8-16)26(23(29)22(19)28)14-15-4-3-9-25-13-15/h2-13,20,27H,14H2,1H3/p+1. The number of amides is 1. The summed E-state index contributed by atoms with van der Waals surface area (Å²) in [5.74, 6) is -1.09. The molecule has 1 saturated heterocycles. The first-order valence-corrected chi connectivity index (χ1v) is 9.38. The lowest BCUT2D eigenvalue weighted by atomic mass is 9.96. The number of hydrogen-bond acceptors (Lipinski definition) is 5. The maximum absolute atomic E-state index is 13.0. The van der Waals surface area contributed by atoms with Crippen LogP contribution in [-0.4, -0.2) is 33.8 Å². The molecule has 1 aromatic carbocycles.